The van der Waals surface area contributed by atoms with Crippen LogP contribution in [-0.2, 0) is 14.8 Å². The van der Waals surface area contributed by atoms with Gasteiger partial charge in [0.1, 0.15) is 11.4 Å². The molecule has 0 fully saturated rings. The van der Waals surface area contributed by atoms with Gasteiger partial charge in [-0.15, -0.1) is 0 Å². The summed E-state index contributed by atoms with van der Waals surface area (Å²) in [6.45, 7) is 2.91. The first kappa shape index (κ1) is 16.1. The standard InChI is InChI=1S/C11H15BrN2O4S/c1-3-8(2)14(7-11(15)16)19(17,18)10-4-9(12)5-13-6-10/h4-6,8H,3,7H2,1-2H3,(H,15,16). The van der Waals surface area contributed by atoms with Crippen LogP contribution in [0.3, 0.4) is 0 Å². The van der Waals surface area contributed by atoms with Gasteiger partial charge < -0.3 is 5.11 Å². The Balaban J connectivity index is 3.23. The van der Waals surface area contributed by atoms with Crippen LogP contribution in [0.25, 0.3) is 0 Å². The van der Waals surface area contributed by atoms with Crippen LogP contribution in [0, 0.1) is 0 Å². The predicted octanol–water partition coefficient (Wildman–Crippen LogP) is 1.72. The minimum atomic E-state index is -3.87. The number of carboxylic acid groups (broad SMARTS) is 1. The van der Waals surface area contributed by atoms with E-state index in [1.54, 1.807) is 13.8 Å². The Morgan fingerprint density at radius 3 is 2.63 bits per heavy atom. The quantitative estimate of drug-likeness (QED) is 0.843. The van der Waals surface area contributed by atoms with Crippen LogP contribution in [0.15, 0.2) is 27.8 Å². The molecule has 0 amide bonds. The van der Waals surface area contributed by atoms with E-state index in [9.17, 15) is 13.2 Å². The van der Waals surface area contributed by atoms with Gasteiger partial charge in [-0.05, 0) is 35.3 Å². The Labute approximate surface area is 120 Å². The summed E-state index contributed by atoms with van der Waals surface area (Å²) in [6, 6.07) is 1.000. The largest absolute Gasteiger partial charge is 0.480 e. The second-order valence-corrected chi connectivity index (χ2v) is 6.85. The molecule has 0 bridgehead atoms. The fourth-order valence-electron chi connectivity index (χ4n) is 1.48. The maximum absolute atomic E-state index is 12.4. The van der Waals surface area contributed by atoms with E-state index in [4.69, 9.17) is 5.11 Å². The van der Waals surface area contributed by atoms with Gasteiger partial charge in [-0.2, -0.15) is 4.31 Å². The maximum atomic E-state index is 12.4. The van der Waals surface area contributed by atoms with Crippen LogP contribution in [0.4, 0.5) is 0 Å². The zero-order valence-corrected chi connectivity index (χ0v) is 13.0. The van der Waals surface area contributed by atoms with Crippen molar-refractivity contribution in [3.63, 3.8) is 0 Å². The molecule has 1 rings (SSSR count). The monoisotopic (exact) mass is 350 g/mol. The van der Waals surface area contributed by atoms with E-state index >= 15 is 0 Å². The fraction of sp³-hybridized carbons (Fsp3) is 0.455. The molecule has 0 saturated heterocycles. The van der Waals surface area contributed by atoms with Gasteiger partial charge in [0, 0.05) is 22.9 Å². The van der Waals surface area contributed by atoms with Crippen molar-refractivity contribution in [1.29, 1.82) is 0 Å². The number of pyridine rings is 1. The fourth-order valence-corrected chi connectivity index (χ4v) is 3.64. The topological polar surface area (TPSA) is 87.6 Å². The molecule has 0 aliphatic carbocycles. The van der Waals surface area contributed by atoms with E-state index in [0.717, 1.165) is 4.31 Å². The SMILES string of the molecule is CCC(C)N(CC(=O)O)S(=O)(=O)c1cncc(Br)c1. The number of hydrogen-bond donors (Lipinski definition) is 1. The third-order valence-corrected chi connectivity index (χ3v) is 5.02. The number of halogens is 1. The number of aliphatic carboxylic acids is 1. The van der Waals surface area contributed by atoms with E-state index in [0.29, 0.717) is 10.9 Å². The Kier molecular flexibility index (Phi) is 5.45. The second kappa shape index (κ2) is 6.44. The summed E-state index contributed by atoms with van der Waals surface area (Å²) in [4.78, 5) is 14.6. The van der Waals surface area contributed by atoms with Gasteiger partial charge in [-0.25, -0.2) is 8.42 Å². The molecule has 1 unspecified atom stereocenters. The van der Waals surface area contributed by atoms with Gasteiger partial charge in [-0.3, -0.25) is 9.78 Å². The Morgan fingerprint density at radius 1 is 1.53 bits per heavy atom. The van der Waals surface area contributed by atoms with Crippen molar-refractivity contribution in [3.05, 3.63) is 22.9 Å². The molecular weight excluding hydrogens is 336 g/mol. The summed E-state index contributed by atoms with van der Waals surface area (Å²) < 4.78 is 26.3. The average molecular weight is 351 g/mol. The number of aromatic nitrogens is 1. The lowest BCUT2D eigenvalue weighted by Crippen LogP contribution is -2.41. The average Bonchev–Trinajstić information content (AvgIpc) is 2.34. The van der Waals surface area contributed by atoms with E-state index in [-0.39, 0.29) is 4.90 Å². The van der Waals surface area contributed by atoms with E-state index < -0.39 is 28.6 Å². The summed E-state index contributed by atoms with van der Waals surface area (Å²) in [5.74, 6) is -1.19. The van der Waals surface area contributed by atoms with Crippen molar-refractivity contribution < 1.29 is 18.3 Å². The first-order valence-corrected chi connectivity index (χ1v) is 7.86. The Bertz CT molecular complexity index is 562. The second-order valence-electron chi connectivity index (χ2n) is 4.04. The van der Waals surface area contributed by atoms with E-state index in [1.807, 2.05) is 0 Å². The summed E-state index contributed by atoms with van der Waals surface area (Å²) in [7, 11) is -3.87. The normalized spacial score (nSPS) is 13.5. The maximum Gasteiger partial charge on any atom is 0.318 e. The molecule has 1 aromatic heterocycles. The number of carbonyl (C=O) groups is 1. The lowest BCUT2D eigenvalue weighted by atomic mass is 10.2. The predicted molar refractivity (Wildman–Crippen MR) is 73.2 cm³/mol. The van der Waals surface area contributed by atoms with Crippen LogP contribution in [0.5, 0.6) is 0 Å². The first-order valence-electron chi connectivity index (χ1n) is 5.63. The third-order valence-electron chi connectivity index (χ3n) is 2.66. The van der Waals surface area contributed by atoms with Crippen molar-refractivity contribution in [1.82, 2.24) is 9.29 Å². The number of rotatable bonds is 6. The highest BCUT2D eigenvalue weighted by Gasteiger charge is 2.30. The molecule has 19 heavy (non-hydrogen) atoms. The molecule has 1 atom stereocenters. The van der Waals surface area contributed by atoms with Gasteiger partial charge in [-0.1, -0.05) is 6.92 Å². The smallest absolute Gasteiger partial charge is 0.318 e. The highest BCUT2D eigenvalue weighted by atomic mass is 79.9. The molecule has 0 spiro atoms. The number of nitrogens with zero attached hydrogens (tertiary/aromatic N) is 2. The Hall–Kier alpha value is -0.990. The highest BCUT2D eigenvalue weighted by Crippen LogP contribution is 2.21. The molecular formula is C11H15BrN2O4S. The first-order chi connectivity index (χ1) is 8.78. The summed E-state index contributed by atoms with van der Waals surface area (Å²) in [5, 5.41) is 8.86. The number of hydrogen-bond acceptors (Lipinski definition) is 4. The minimum absolute atomic E-state index is 0.0246. The summed E-state index contributed by atoms with van der Waals surface area (Å²) in [6.07, 6.45) is 3.19. The third kappa shape index (κ3) is 3.99. The van der Waals surface area contributed by atoms with Crippen molar-refractivity contribution >= 4 is 31.9 Å². The van der Waals surface area contributed by atoms with Crippen LogP contribution in [0.2, 0.25) is 0 Å². The zero-order valence-electron chi connectivity index (χ0n) is 10.6. The molecule has 0 aromatic carbocycles. The van der Waals surface area contributed by atoms with Gasteiger partial charge in [0.25, 0.3) is 0 Å². The van der Waals surface area contributed by atoms with E-state index in [1.165, 1.54) is 18.5 Å². The van der Waals surface area contributed by atoms with Crippen LogP contribution < -0.4 is 0 Å². The van der Waals surface area contributed by atoms with Gasteiger partial charge >= 0.3 is 5.97 Å². The van der Waals surface area contributed by atoms with Gasteiger partial charge in [0.15, 0.2) is 0 Å². The van der Waals surface area contributed by atoms with Crippen molar-refractivity contribution in [2.45, 2.75) is 31.2 Å². The molecule has 0 aliphatic heterocycles. The van der Waals surface area contributed by atoms with Crippen LogP contribution in [0.1, 0.15) is 20.3 Å². The van der Waals surface area contributed by atoms with Crippen LogP contribution >= 0.6 is 15.9 Å². The van der Waals surface area contributed by atoms with Gasteiger partial charge in [0.05, 0.1) is 0 Å². The number of carboxylic acids is 1. The molecule has 6 nitrogen and oxygen atoms in total. The lowest BCUT2D eigenvalue weighted by molar-refractivity contribution is -0.137. The molecule has 1 N–H and O–H groups in total. The van der Waals surface area contributed by atoms with Crippen molar-refractivity contribution in [2.75, 3.05) is 6.54 Å². The summed E-state index contributed by atoms with van der Waals surface area (Å²) >= 11 is 3.15. The summed E-state index contributed by atoms with van der Waals surface area (Å²) in [5.41, 5.74) is 0. The van der Waals surface area contributed by atoms with Crippen LogP contribution in [-0.4, -0.2) is 41.4 Å². The van der Waals surface area contributed by atoms with Gasteiger partial charge in [0.2, 0.25) is 10.0 Å². The molecule has 0 aliphatic rings. The zero-order chi connectivity index (χ0) is 14.6. The highest BCUT2D eigenvalue weighted by molar-refractivity contribution is 9.10. The molecule has 1 heterocycles. The molecule has 0 saturated carbocycles. The lowest BCUT2D eigenvalue weighted by Gasteiger charge is -2.25. The molecule has 1 aromatic rings. The Morgan fingerprint density at radius 2 is 2.16 bits per heavy atom. The van der Waals surface area contributed by atoms with Crippen molar-refractivity contribution in [3.8, 4) is 0 Å². The molecule has 0 radical (unpaired) electrons. The van der Waals surface area contributed by atoms with E-state index in [2.05, 4.69) is 20.9 Å². The number of sulfonamides is 1. The van der Waals surface area contributed by atoms with Crippen molar-refractivity contribution in [2.24, 2.45) is 0 Å². The molecule has 8 heteroatoms. The molecule has 106 valence electrons. The minimum Gasteiger partial charge on any atom is -0.480 e.